The molecule has 2 unspecified atom stereocenters. The molecule has 0 bridgehead atoms. The standard InChI is InChI=1S/C12H17F3N2O/c13-12(14,15)5-6-18-10-3-4-11(7-10,8-16)17-9-1-2-9/h9-10,17H,1-7H2. The minimum atomic E-state index is -4.17. The quantitative estimate of drug-likeness (QED) is 0.828. The Balaban J connectivity index is 1.74. The number of nitriles is 1. The van der Waals surface area contributed by atoms with Gasteiger partial charge in [0, 0.05) is 12.5 Å². The van der Waals surface area contributed by atoms with Gasteiger partial charge < -0.3 is 4.74 Å². The summed E-state index contributed by atoms with van der Waals surface area (Å²) in [6.07, 6.45) is -1.32. The molecule has 6 heteroatoms. The Labute approximate surface area is 104 Å². The van der Waals surface area contributed by atoms with Crippen LogP contribution in [0.3, 0.4) is 0 Å². The van der Waals surface area contributed by atoms with Gasteiger partial charge in [-0.25, -0.2) is 0 Å². The molecule has 0 radical (unpaired) electrons. The number of halogens is 3. The van der Waals surface area contributed by atoms with Crippen molar-refractivity contribution in [3.63, 3.8) is 0 Å². The molecule has 0 aliphatic heterocycles. The molecular formula is C12H17F3N2O. The van der Waals surface area contributed by atoms with Crippen molar-refractivity contribution in [2.24, 2.45) is 0 Å². The average Bonchev–Trinajstić information content (AvgIpc) is 2.98. The van der Waals surface area contributed by atoms with Gasteiger partial charge in [-0.15, -0.1) is 0 Å². The zero-order chi connectivity index (χ0) is 13.2. The molecule has 2 fully saturated rings. The largest absolute Gasteiger partial charge is 0.391 e. The number of hydrogen-bond acceptors (Lipinski definition) is 3. The van der Waals surface area contributed by atoms with Crippen LogP contribution in [-0.2, 0) is 4.74 Å². The first kappa shape index (κ1) is 13.6. The van der Waals surface area contributed by atoms with E-state index in [9.17, 15) is 18.4 Å². The summed E-state index contributed by atoms with van der Waals surface area (Å²) in [5.41, 5.74) is -0.579. The van der Waals surface area contributed by atoms with E-state index in [2.05, 4.69) is 11.4 Å². The van der Waals surface area contributed by atoms with Crippen molar-refractivity contribution in [1.29, 1.82) is 5.26 Å². The van der Waals surface area contributed by atoms with E-state index < -0.39 is 18.1 Å². The first-order valence-corrected chi connectivity index (χ1v) is 6.30. The fourth-order valence-corrected chi connectivity index (χ4v) is 2.37. The lowest BCUT2D eigenvalue weighted by Crippen LogP contribution is -2.43. The third-order valence-corrected chi connectivity index (χ3v) is 3.48. The Morgan fingerprint density at radius 3 is 2.61 bits per heavy atom. The molecule has 0 amide bonds. The van der Waals surface area contributed by atoms with Gasteiger partial charge in [-0.05, 0) is 25.7 Å². The molecule has 2 aliphatic carbocycles. The van der Waals surface area contributed by atoms with Crippen molar-refractivity contribution in [2.45, 2.75) is 62.4 Å². The highest BCUT2D eigenvalue weighted by atomic mass is 19.4. The van der Waals surface area contributed by atoms with Crippen molar-refractivity contribution in [2.75, 3.05) is 6.61 Å². The van der Waals surface area contributed by atoms with E-state index in [4.69, 9.17) is 4.74 Å². The van der Waals surface area contributed by atoms with E-state index in [1.807, 2.05) is 0 Å². The van der Waals surface area contributed by atoms with Gasteiger partial charge in [0.25, 0.3) is 0 Å². The first-order chi connectivity index (χ1) is 8.42. The fraction of sp³-hybridized carbons (Fsp3) is 0.917. The number of alkyl halides is 3. The highest BCUT2D eigenvalue weighted by Crippen LogP contribution is 2.35. The van der Waals surface area contributed by atoms with Gasteiger partial charge in [0.05, 0.1) is 25.2 Å². The highest BCUT2D eigenvalue weighted by Gasteiger charge is 2.43. The third kappa shape index (κ3) is 3.85. The zero-order valence-electron chi connectivity index (χ0n) is 10.1. The predicted octanol–water partition coefficient (Wildman–Crippen LogP) is 2.52. The molecule has 1 N–H and O–H groups in total. The Kier molecular flexibility index (Phi) is 3.83. The minimum Gasteiger partial charge on any atom is -0.378 e. The Morgan fingerprint density at radius 2 is 2.06 bits per heavy atom. The molecular weight excluding hydrogens is 245 g/mol. The second-order valence-corrected chi connectivity index (χ2v) is 5.21. The Morgan fingerprint density at radius 1 is 1.33 bits per heavy atom. The summed E-state index contributed by atoms with van der Waals surface area (Å²) in [5.74, 6) is 0. The molecule has 2 saturated carbocycles. The van der Waals surface area contributed by atoms with Crippen molar-refractivity contribution >= 4 is 0 Å². The lowest BCUT2D eigenvalue weighted by Gasteiger charge is -2.22. The Bertz CT molecular complexity index is 335. The normalized spacial score (nSPS) is 32.4. The number of rotatable bonds is 5. The molecule has 3 nitrogen and oxygen atoms in total. The molecule has 0 aromatic carbocycles. The summed E-state index contributed by atoms with van der Waals surface area (Å²) in [5, 5.41) is 12.5. The van der Waals surface area contributed by atoms with E-state index >= 15 is 0 Å². The van der Waals surface area contributed by atoms with Crippen molar-refractivity contribution in [1.82, 2.24) is 5.32 Å². The topological polar surface area (TPSA) is 45.0 Å². The molecule has 18 heavy (non-hydrogen) atoms. The average molecular weight is 262 g/mol. The van der Waals surface area contributed by atoms with Crippen LogP contribution >= 0.6 is 0 Å². The van der Waals surface area contributed by atoms with Gasteiger partial charge >= 0.3 is 6.18 Å². The molecule has 2 aliphatic rings. The summed E-state index contributed by atoms with van der Waals surface area (Å²) < 4.78 is 41.2. The van der Waals surface area contributed by atoms with Gasteiger partial charge in [-0.1, -0.05) is 0 Å². The van der Waals surface area contributed by atoms with Crippen LogP contribution in [-0.4, -0.2) is 30.5 Å². The number of nitrogens with one attached hydrogen (secondary N) is 1. The fourth-order valence-electron chi connectivity index (χ4n) is 2.37. The minimum absolute atomic E-state index is 0.224. The van der Waals surface area contributed by atoms with E-state index in [0.29, 0.717) is 25.3 Å². The van der Waals surface area contributed by atoms with Gasteiger partial charge in [-0.3, -0.25) is 5.32 Å². The third-order valence-electron chi connectivity index (χ3n) is 3.48. The van der Waals surface area contributed by atoms with Gasteiger partial charge in [0.2, 0.25) is 0 Å². The lowest BCUT2D eigenvalue weighted by molar-refractivity contribution is -0.148. The van der Waals surface area contributed by atoms with Crippen LogP contribution in [0.4, 0.5) is 13.2 Å². The second kappa shape index (κ2) is 5.06. The number of ether oxygens (including phenoxy) is 1. The van der Waals surface area contributed by atoms with Crippen LogP contribution in [0.15, 0.2) is 0 Å². The molecule has 0 aromatic heterocycles. The van der Waals surface area contributed by atoms with Gasteiger partial charge in [0.1, 0.15) is 5.54 Å². The van der Waals surface area contributed by atoms with Crippen molar-refractivity contribution in [3.8, 4) is 6.07 Å². The molecule has 0 saturated heterocycles. The van der Waals surface area contributed by atoms with E-state index in [1.165, 1.54) is 0 Å². The molecule has 0 aromatic rings. The summed E-state index contributed by atoms with van der Waals surface area (Å²) >= 11 is 0. The van der Waals surface area contributed by atoms with E-state index in [1.54, 1.807) is 0 Å². The number of nitrogens with zero attached hydrogens (tertiary/aromatic N) is 1. The molecule has 2 atom stereocenters. The molecule has 0 spiro atoms. The van der Waals surface area contributed by atoms with Crippen LogP contribution < -0.4 is 5.32 Å². The van der Waals surface area contributed by atoms with Gasteiger partial charge in [-0.2, -0.15) is 18.4 Å². The highest BCUT2D eigenvalue weighted by molar-refractivity contribution is 5.14. The maximum atomic E-state index is 12.0. The van der Waals surface area contributed by atoms with Crippen LogP contribution in [0.1, 0.15) is 38.5 Å². The van der Waals surface area contributed by atoms with E-state index in [-0.39, 0.29) is 12.7 Å². The van der Waals surface area contributed by atoms with Crippen LogP contribution in [0.25, 0.3) is 0 Å². The van der Waals surface area contributed by atoms with Crippen LogP contribution in [0.2, 0.25) is 0 Å². The smallest absolute Gasteiger partial charge is 0.378 e. The van der Waals surface area contributed by atoms with Crippen molar-refractivity contribution < 1.29 is 17.9 Å². The summed E-state index contributed by atoms with van der Waals surface area (Å²) in [6, 6.07) is 2.69. The van der Waals surface area contributed by atoms with Crippen LogP contribution in [0.5, 0.6) is 0 Å². The second-order valence-electron chi connectivity index (χ2n) is 5.21. The van der Waals surface area contributed by atoms with Crippen LogP contribution in [0, 0.1) is 11.3 Å². The summed E-state index contributed by atoms with van der Waals surface area (Å²) in [6.45, 7) is -0.306. The molecule has 0 heterocycles. The zero-order valence-corrected chi connectivity index (χ0v) is 10.1. The van der Waals surface area contributed by atoms with E-state index in [0.717, 1.165) is 12.8 Å². The summed E-state index contributed by atoms with van der Waals surface area (Å²) in [4.78, 5) is 0. The SMILES string of the molecule is N#CC1(NC2CC2)CCC(OCCC(F)(F)F)C1. The molecule has 102 valence electrons. The summed E-state index contributed by atoms with van der Waals surface area (Å²) in [7, 11) is 0. The van der Waals surface area contributed by atoms with Crippen molar-refractivity contribution in [3.05, 3.63) is 0 Å². The lowest BCUT2D eigenvalue weighted by atomic mass is 9.99. The predicted molar refractivity (Wildman–Crippen MR) is 58.8 cm³/mol. The maximum absolute atomic E-state index is 12.0. The Hall–Kier alpha value is -0.800. The number of hydrogen-bond donors (Lipinski definition) is 1. The van der Waals surface area contributed by atoms with Gasteiger partial charge in [0.15, 0.2) is 0 Å². The maximum Gasteiger partial charge on any atom is 0.391 e. The first-order valence-electron chi connectivity index (χ1n) is 6.30. The molecule has 2 rings (SSSR count). The monoisotopic (exact) mass is 262 g/mol.